The van der Waals surface area contributed by atoms with Gasteiger partial charge in [-0.15, -0.1) is 0 Å². The number of carbonyl (C=O) groups excluding carboxylic acids is 1. The van der Waals surface area contributed by atoms with Gasteiger partial charge in [0.2, 0.25) is 0 Å². The maximum absolute atomic E-state index is 12.5. The number of carbonyl (C=O) groups is 1. The summed E-state index contributed by atoms with van der Waals surface area (Å²) in [6, 6.07) is 9.40. The van der Waals surface area contributed by atoms with E-state index in [1.54, 1.807) is 6.92 Å². The maximum atomic E-state index is 12.5. The van der Waals surface area contributed by atoms with E-state index < -0.39 is 19.7 Å². The van der Waals surface area contributed by atoms with Gasteiger partial charge in [-0.2, -0.15) is 0 Å². The minimum Gasteiger partial charge on any atom is -0.466 e. The molecule has 2 unspecified atom stereocenters. The van der Waals surface area contributed by atoms with Crippen molar-refractivity contribution >= 4 is 14.0 Å². The normalized spacial score (nSPS) is 15.4. The van der Waals surface area contributed by atoms with Crippen LogP contribution in [0.4, 0.5) is 0 Å². The summed E-state index contributed by atoms with van der Waals surface area (Å²) >= 11 is 0. The quantitative estimate of drug-likeness (QED) is 0.656. The molecule has 0 bridgehead atoms. The second kappa shape index (κ2) is 6.75. The highest BCUT2D eigenvalue weighted by Gasteiger charge is 2.50. The van der Waals surface area contributed by atoms with E-state index in [0.717, 1.165) is 5.56 Å². The molecule has 0 heterocycles. The summed E-state index contributed by atoms with van der Waals surface area (Å²) in [4.78, 5) is 12.5. The summed E-state index contributed by atoms with van der Waals surface area (Å²) in [5.74, 6) is -0.277. The van der Waals surface area contributed by atoms with Gasteiger partial charge in [0.15, 0.2) is 0 Å². The Morgan fingerprint density at radius 1 is 1.24 bits per heavy atom. The third-order valence-corrected chi connectivity index (χ3v) is 10.7. The lowest BCUT2D eigenvalue weighted by Crippen LogP contribution is -2.48. The Morgan fingerprint density at radius 2 is 1.76 bits per heavy atom. The number of hydrogen-bond acceptors (Lipinski definition) is 3. The van der Waals surface area contributed by atoms with Crippen LogP contribution in [0.5, 0.6) is 0 Å². The van der Waals surface area contributed by atoms with Crippen LogP contribution < -0.4 is 0 Å². The fourth-order valence-electron chi connectivity index (χ4n) is 2.36. The van der Waals surface area contributed by atoms with E-state index >= 15 is 0 Å². The van der Waals surface area contributed by atoms with Crippen LogP contribution in [0, 0.1) is 0 Å². The Bertz CT molecular complexity index is 463. The smallest absolute Gasteiger partial charge is 0.309 e. The zero-order valence-electron chi connectivity index (χ0n) is 14.0. The second-order valence-corrected chi connectivity index (χ2v) is 12.6. The molecular formula is C17H28O3Si. The van der Waals surface area contributed by atoms with Gasteiger partial charge in [-0.1, -0.05) is 64.2 Å². The van der Waals surface area contributed by atoms with Crippen molar-refractivity contribution < 1.29 is 14.6 Å². The van der Waals surface area contributed by atoms with Gasteiger partial charge in [-0.05, 0) is 17.5 Å². The van der Waals surface area contributed by atoms with Crippen molar-refractivity contribution in [2.75, 3.05) is 6.61 Å². The Balaban J connectivity index is 3.23. The molecule has 0 aliphatic heterocycles. The van der Waals surface area contributed by atoms with Crippen molar-refractivity contribution in [2.24, 2.45) is 0 Å². The molecule has 0 aliphatic carbocycles. The van der Waals surface area contributed by atoms with E-state index in [1.165, 1.54) is 0 Å². The number of ether oxygens (including phenoxy) is 1. The average Bonchev–Trinajstić information content (AvgIpc) is 2.38. The molecule has 1 aromatic rings. The van der Waals surface area contributed by atoms with E-state index in [9.17, 15) is 9.90 Å². The van der Waals surface area contributed by atoms with E-state index in [-0.39, 0.29) is 11.0 Å². The van der Waals surface area contributed by atoms with E-state index in [4.69, 9.17) is 4.74 Å². The van der Waals surface area contributed by atoms with Crippen LogP contribution in [0.25, 0.3) is 0 Å². The second-order valence-electron chi connectivity index (χ2n) is 7.06. The van der Waals surface area contributed by atoms with Gasteiger partial charge < -0.3 is 9.84 Å². The molecule has 4 heteroatoms. The molecule has 0 saturated heterocycles. The van der Waals surface area contributed by atoms with E-state index in [0.29, 0.717) is 6.61 Å². The molecule has 1 aromatic carbocycles. The lowest BCUT2D eigenvalue weighted by molar-refractivity contribution is -0.145. The van der Waals surface area contributed by atoms with Crippen molar-refractivity contribution in [2.45, 2.75) is 57.5 Å². The maximum Gasteiger partial charge on any atom is 0.309 e. The summed E-state index contributed by atoms with van der Waals surface area (Å²) in [5, 5.41) is 10.8. The van der Waals surface area contributed by atoms with E-state index in [2.05, 4.69) is 33.9 Å². The number of hydrogen-bond donors (Lipinski definition) is 1. The molecule has 3 nitrogen and oxygen atoms in total. The van der Waals surface area contributed by atoms with Crippen LogP contribution in [0.15, 0.2) is 30.3 Å². The fourth-order valence-corrected chi connectivity index (χ4v) is 4.95. The lowest BCUT2D eigenvalue weighted by Gasteiger charge is -2.43. The minimum atomic E-state index is -2.11. The topological polar surface area (TPSA) is 46.5 Å². The number of esters is 1. The largest absolute Gasteiger partial charge is 0.466 e. The Morgan fingerprint density at radius 3 is 2.19 bits per heavy atom. The van der Waals surface area contributed by atoms with Gasteiger partial charge in [0.1, 0.15) is 0 Å². The van der Waals surface area contributed by atoms with Crippen molar-refractivity contribution in [3.8, 4) is 0 Å². The number of benzene rings is 1. The van der Waals surface area contributed by atoms with Crippen LogP contribution >= 0.6 is 0 Å². The molecule has 21 heavy (non-hydrogen) atoms. The summed E-state index contributed by atoms with van der Waals surface area (Å²) in [6.45, 7) is 12.9. The highest BCUT2D eigenvalue weighted by atomic mass is 28.3. The van der Waals surface area contributed by atoms with Crippen LogP contribution in [-0.4, -0.2) is 25.8 Å². The van der Waals surface area contributed by atoms with Gasteiger partial charge >= 0.3 is 5.97 Å². The first-order valence-corrected chi connectivity index (χ1v) is 10.6. The van der Waals surface area contributed by atoms with Crippen molar-refractivity contribution in [3.05, 3.63) is 35.9 Å². The molecule has 0 aliphatic rings. The molecule has 0 fully saturated rings. The van der Waals surface area contributed by atoms with Gasteiger partial charge in [0.25, 0.3) is 0 Å². The lowest BCUT2D eigenvalue weighted by atomic mass is 10.1. The van der Waals surface area contributed by atoms with Crippen LogP contribution in [0.2, 0.25) is 23.7 Å². The number of aliphatic hydroxyl groups is 1. The zero-order valence-corrected chi connectivity index (χ0v) is 15.0. The summed E-state index contributed by atoms with van der Waals surface area (Å²) < 4.78 is 5.26. The average molecular weight is 308 g/mol. The van der Waals surface area contributed by atoms with E-state index in [1.807, 2.05) is 30.3 Å². The third kappa shape index (κ3) is 3.95. The first-order valence-electron chi connectivity index (χ1n) is 7.52. The highest BCUT2D eigenvalue weighted by molar-refractivity contribution is 6.84. The molecule has 1 N–H and O–H groups in total. The zero-order chi connectivity index (χ0) is 16.3. The molecule has 0 aromatic heterocycles. The Hall–Kier alpha value is -1.13. The van der Waals surface area contributed by atoms with Crippen molar-refractivity contribution in [1.82, 2.24) is 0 Å². The SMILES string of the molecule is CCOC(=O)C(C(O)c1ccccc1)[Si](C)(C)C(C)(C)C. The van der Waals surface area contributed by atoms with Gasteiger partial charge in [-0.25, -0.2) is 0 Å². The third-order valence-electron chi connectivity index (χ3n) is 4.71. The van der Waals surface area contributed by atoms with Gasteiger partial charge in [0.05, 0.1) is 26.3 Å². The number of aliphatic hydroxyl groups excluding tert-OH is 1. The van der Waals surface area contributed by atoms with Crippen molar-refractivity contribution in [3.63, 3.8) is 0 Å². The minimum absolute atomic E-state index is 0.0137. The highest BCUT2D eigenvalue weighted by Crippen LogP contribution is 2.48. The molecule has 2 atom stereocenters. The molecule has 118 valence electrons. The number of rotatable bonds is 5. The summed E-state index contributed by atoms with van der Waals surface area (Å²) in [7, 11) is -2.11. The van der Waals surface area contributed by atoms with Crippen molar-refractivity contribution in [1.29, 1.82) is 0 Å². The first-order chi connectivity index (χ1) is 9.63. The van der Waals surface area contributed by atoms with Crippen LogP contribution in [0.1, 0.15) is 39.4 Å². The molecule has 0 spiro atoms. The van der Waals surface area contributed by atoms with Crippen LogP contribution in [0.3, 0.4) is 0 Å². The first kappa shape index (κ1) is 17.9. The van der Waals surface area contributed by atoms with Crippen LogP contribution in [-0.2, 0) is 9.53 Å². The standard InChI is InChI=1S/C17H28O3Si/c1-7-20-16(19)15(21(5,6)17(2,3)4)14(18)13-11-9-8-10-12-13/h8-12,14-15,18H,7H2,1-6H3. The molecular weight excluding hydrogens is 280 g/mol. The molecule has 0 amide bonds. The molecule has 1 rings (SSSR count). The fraction of sp³-hybridized carbons (Fsp3) is 0.588. The predicted octanol–water partition coefficient (Wildman–Crippen LogP) is 4.16. The summed E-state index contributed by atoms with van der Waals surface area (Å²) in [5.41, 5.74) is 0.306. The Labute approximate surface area is 129 Å². The van der Waals surface area contributed by atoms with Gasteiger partial charge in [0, 0.05) is 0 Å². The monoisotopic (exact) mass is 308 g/mol. The van der Waals surface area contributed by atoms with Gasteiger partial charge in [-0.3, -0.25) is 4.79 Å². The predicted molar refractivity (Wildman–Crippen MR) is 89.0 cm³/mol. The Kier molecular flexibility index (Phi) is 5.76. The molecule has 0 saturated carbocycles. The molecule has 0 radical (unpaired) electrons. The summed E-state index contributed by atoms with van der Waals surface area (Å²) in [6.07, 6.45) is -0.814.